The summed E-state index contributed by atoms with van der Waals surface area (Å²) in [6.07, 6.45) is 0. The van der Waals surface area contributed by atoms with Crippen LogP contribution < -0.4 is 15.8 Å². The van der Waals surface area contributed by atoms with E-state index >= 15 is 0 Å². The number of nitrogens with one attached hydrogen (secondary N) is 1. The summed E-state index contributed by atoms with van der Waals surface area (Å²) < 4.78 is 13.7. The largest absolute Gasteiger partial charge is 0.475 e. The van der Waals surface area contributed by atoms with Crippen LogP contribution in [0.3, 0.4) is 0 Å². The fraction of sp³-hybridized carbons (Fsp3) is 0.136. The Balaban J connectivity index is 1.20. The van der Waals surface area contributed by atoms with Crippen molar-refractivity contribution >= 4 is 22.7 Å². The third-order valence-electron chi connectivity index (χ3n) is 4.82. The van der Waals surface area contributed by atoms with Crippen LogP contribution >= 0.6 is 0 Å². The lowest BCUT2D eigenvalue weighted by Crippen LogP contribution is -2.33. The van der Waals surface area contributed by atoms with Crippen LogP contribution in [0.25, 0.3) is 28.1 Å². The lowest BCUT2D eigenvalue weighted by atomic mass is 10.2. The van der Waals surface area contributed by atoms with Crippen molar-refractivity contribution in [3.63, 3.8) is 0 Å². The first kappa shape index (κ1) is 19.5. The van der Waals surface area contributed by atoms with Gasteiger partial charge in [-0.2, -0.15) is 4.52 Å². The first-order valence-corrected chi connectivity index (χ1v) is 9.95. The van der Waals surface area contributed by atoms with Gasteiger partial charge in [0, 0.05) is 11.6 Å². The molecule has 5 rings (SSSR count). The summed E-state index contributed by atoms with van der Waals surface area (Å²) in [6, 6.07) is 20.0. The van der Waals surface area contributed by atoms with Crippen molar-refractivity contribution < 1.29 is 13.9 Å². The van der Waals surface area contributed by atoms with Gasteiger partial charge in [0.1, 0.15) is 13.2 Å². The van der Waals surface area contributed by atoms with Crippen LogP contribution in [0, 0.1) is 0 Å². The number of oxazole rings is 1. The number of aromatic nitrogens is 5. The molecule has 2 aromatic carbocycles. The number of hydrogen-bond donors (Lipinski definition) is 1. The number of ether oxygens (including phenoxy) is 1. The van der Waals surface area contributed by atoms with Gasteiger partial charge in [0.05, 0.1) is 12.1 Å². The Hall–Kier alpha value is -4.47. The SMILES string of the molecule is O=C(Cn1c(=O)oc2ccccc21)NCCOc1ccc2nnc(-c3ccccc3)n2n1. The molecule has 0 aliphatic carbocycles. The third-order valence-corrected chi connectivity index (χ3v) is 4.82. The minimum absolute atomic E-state index is 0.138. The summed E-state index contributed by atoms with van der Waals surface area (Å²) in [5, 5.41) is 15.5. The monoisotopic (exact) mass is 430 g/mol. The van der Waals surface area contributed by atoms with Crippen LogP contribution in [0.4, 0.5) is 0 Å². The maximum absolute atomic E-state index is 12.3. The van der Waals surface area contributed by atoms with Gasteiger partial charge in [-0.05, 0) is 18.2 Å². The molecule has 0 spiro atoms. The molecule has 160 valence electrons. The summed E-state index contributed by atoms with van der Waals surface area (Å²) in [5.41, 5.74) is 2.50. The minimum atomic E-state index is -0.571. The standard InChI is InChI=1S/C22H18N6O4/c29-19(14-27-16-8-4-5-9-17(16)32-22(27)30)23-12-13-31-20-11-10-18-24-25-21(28(18)26-20)15-6-2-1-3-7-15/h1-11H,12-14H2,(H,23,29). The molecule has 0 aliphatic rings. The second kappa shape index (κ2) is 8.34. The van der Waals surface area contributed by atoms with Crippen LogP contribution in [-0.4, -0.2) is 43.4 Å². The molecule has 0 unspecified atom stereocenters. The third kappa shape index (κ3) is 3.81. The lowest BCUT2D eigenvalue weighted by Gasteiger charge is -2.08. The summed E-state index contributed by atoms with van der Waals surface area (Å²) in [6.45, 7) is 0.312. The highest BCUT2D eigenvalue weighted by molar-refractivity contribution is 5.79. The van der Waals surface area contributed by atoms with Crippen molar-refractivity contribution in [2.75, 3.05) is 13.2 Å². The second-order valence-corrected chi connectivity index (χ2v) is 6.95. The van der Waals surface area contributed by atoms with E-state index in [0.717, 1.165) is 5.56 Å². The number of carbonyl (C=O) groups excluding carboxylic acids is 1. The van der Waals surface area contributed by atoms with Gasteiger partial charge in [0.2, 0.25) is 11.8 Å². The summed E-state index contributed by atoms with van der Waals surface area (Å²) in [5.74, 6) is 0.0898. The smallest absolute Gasteiger partial charge is 0.420 e. The van der Waals surface area contributed by atoms with E-state index in [1.807, 2.05) is 30.3 Å². The van der Waals surface area contributed by atoms with Gasteiger partial charge in [-0.15, -0.1) is 15.3 Å². The maximum Gasteiger partial charge on any atom is 0.420 e. The maximum atomic E-state index is 12.3. The Morgan fingerprint density at radius 3 is 2.69 bits per heavy atom. The lowest BCUT2D eigenvalue weighted by molar-refractivity contribution is -0.121. The molecule has 32 heavy (non-hydrogen) atoms. The van der Waals surface area contributed by atoms with Crippen LogP contribution in [-0.2, 0) is 11.3 Å². The van der Waals surface area contributed by atoms with E-state index in [0.29, 0.717) is 28.5 Å². The molecule has 10 nitrogen and oxygen atoms in total. The predicted octanol–water partition coefficient (Wildman–Crippen LogP) is 1.89. The first-order valence-electron chi connectivity index (χ1n) is 9.95. The molecule has 5 aromatic rings. The van der Waals surface area contributed by atoms with Crippen LogP contribution in [0.2, 0.25) is 0 Å². The highest BCUT2D eigenvalue weighted by atomic mass is 16.5. The Morgan fingerprint density at radius 2 is 1.81 bits per heavy atom. The van der Waals surface area contributed by atoms with Crippen molar-refractivity contribution in [3.8, 4) is 17.3 Å². The Bertz CT molecular complexity index is 1450. The number of hydrogen-bond acceptors (Lipinski definition) is 7. The second-order valence-electron chi connectivity index (χ2n) is 6.95. The fourth-order valence-electron chi connectivity index (χ4n) is 3.33. The first-order chi connectivity index (χ1) is 15.7. The number of rotatable bonds is 7. The summed E-state index contributed by atoms with van der Waals surface area (Å²) in [7, 11) is 0. The molecule has 1 amide bonds. The van der Waals surface area contributed by atoms with Crippen LogP contribution in [0.5, 0.6) is 5.88 Å². The zero-order chi connectivity index (χ0) is 21.9. The number of carbonyl (C=O) groups is 1. The number of fused-ring (bicyclic) bond motifs is 2. The molecular formula is C22H18N6O4. The molecular weight excluding hydrogens is 412 g/mol. The van der Waals surface area contributed by atoms with Crippen LogP contribution in [0.1, 0.15) is 0 Å². The minimum Gasteiger partial charge on any atom is -0.475 e. The van der Waals surface area contributed by atoms with Crippen molar-refractivity contribution in [3.05, 3.63) is 77.3 Å². The molecule has 0 aliphatic heterocycles. The van der Waals surface area contributed by atoms with Crippen molar-refractivity contribution in [2.24, 2.45) is 0 Å². The van der Waals surface area contributed by atoms with E-state index in [9.17, 15) is 9.59 Å². The number of nitrogens with zero attached hydrogens (tertiary/aromatic N) is 5. The van der Waals surface area contributed by atoms with Gasteiger partial charge >= 0.3 is 5.76 Å². The van der Waals surface area contributed by atoms with Crippen molar-refractivity contribution in [2.45, 2.75) is 6.54 Å². The van der Waals surface area contributed by atoms with Crippen molar-refractivity contribution in [1.82, 2.24) is 29.7 Å². The molecule has 1 N–H and O–H groups in total. The number of amides is 1. The zero-order valence-electron chi connectivity index (χ0n) is 16.8. The Morgan fingerprint density at radius 1 is 1.00 bits per heavy atom. The Labute approximate surface area is 181 Å². The van der Waals surface area contributed by atoms with E-state index in [4.69, 9.17) is 9.15 Å². The molecule has 0 radical (unpaired) electrons. The zero-order valence-corrected chi connectivity index (χ0v) is 16.8. The van der Waals surface area contributed by atoms with Gasteiger partial charge in [0.15, 0.2) is 17.1 Å². The molecule has 0 atom stereocenters. The number of para-hydroxylation sites is 2. The summed E-state index contributed by atoms with van der Waals surface area (Å²) in [4.78, 5) is 24.2. The highest BCUT2D eigenvalue weighted by Crippen LogP contribution is 2.18. The molecule has 0 fully saturated rings. The van der Waals surface area contributed by atoms with Gasteiger partial charge < -0.3 is 14.5 Å². The molecule has 3 aromatic heterocycles. The average Bonchev–Trinajstić information content (AvgIpc) is 3.38. The van der Waals surface area contributed by atoms with E-state index in [1.165, 1.54) is 4.57 Å². The van der Waals surface area contributed by atoms with E-state index in [2.05, 4.69) is 20.6 Å². The highest BCUT2D eigenvalue weighted by Gasteiger charge is 2.13. The average molecular weight is 430 g/mol. The van der Waals surface area contributed by atoms with Crippen molar-refractivity contribution in [1.29, 1.82) is 0 Å². The Kier molecular flexibility index (Phi) is 5.08. The van der Waals surface area contributed by atoms with Gasteiger partial charge in [-0.25, -0.2) is 4.79 Å². The topological polar surface area (TPSA) is 117 Å². The molecule has 0 saturated heterocycles. The van der Waals surface area contributed by atoms with E-state index < -0.39 is 5.76 Å². The predicted molar refractivity (Wildman–Crippen MR) is 115 cm³/mol. The normalized spacial score (nSPS) is 11.1. The van der Waals surface area contributed by atoms with Gasteiger partial charge in [0.25, 0.3) is 0 Å². The van der Waals surface area contributed by atoms with Crippen LogP contribution in [0.15, 0.2) is 75.9 Å². The van der Waals surface area contributed by atoms with E-state index in [-0.39, 0.29) is 25.6 Å². The molecule has 0 bridgehead atoms. The quantitative estimate of drug-likeness (QED) is 0.392. The molecule has 10 heteroatoms. The number of benzene rings is 2. The van der Waals surface area contributed by atoms with Gasteiger partial charge in [-0.3, -0.25) is 9.36 Å². The summed E-state index contributed by atoms with van der Waals surface area (Å²) >= 11 is 0. The molecule has 0 saturated carbocycles. The molecule has 3 heterocycles. The fourth-order valence-corrected chi connectivity index (χ4v) is 3.33. The van der Waals surface area contributed by atoms with Gasteiger partial charge in [-0.1, -0.05) is 42.5 Å². The van der Waals surface area contributed by atoms with E-state index in [1.54, 1.807) is 40.9 Å².